The summed E-state index contributed by atoms with van der Waals surface area (Å²) >= 11 is 5.94. The maximum Gasteiger partial charge on any atom is 0.115 e. The van der Waals surface area contributed by atoms with Crippen molar-refractivity contribution in [1.29, 1.82) is 0 Å². The quantitative estimate of drug-likeness (QED) is 0.660. The van der Waals surface area contributed by atoms with Crippen molar-refractivity contribution in [2.24, 2.45) is 0 Å². The lowest BCUT2D eigenvalue weighted by Crippen LogP contribution is -1.74. The van der Waals surface area contributed by atoms with Crippen molar-refractivity contribution in [3.63, 3.8) is 0 Å². The number of hydrogen-bond acceptors (Lipinski definition) is 1. The molecule has 0 atom stereocenters. The van der Waals surface area contributed by atoms with Gasteiger partial charge in [-0.05, 0) is 29.8 Å². The van der Waals surface area contributed by atoms with E-state index in [1.54, 1.807) is 12.1 Å². The summed E-state index contributed by atoms with van der Waals surface area (Å²) in [5, 5.41) is 11.1. The number of aromatic hydroxyl groups is 1. The molecule has 2 nitrogen and oxygen atoms in total. The molecule has 2 N–H and O–H groups in total. The van der Waals surface area contributed by atoms with Crippen molar-refractivity contribution in [3.8, 4) is 16.9 Å². The number of rotatable bonds is 1. The second-order valence-corrected chi connectivity index (χ2v) is 4.38. The Hall–Kier alpha value is -1.93. The van der Waals surface area contributed by atoms with E-state index >= 15 is 0 Å². The van der Waals surface area contributed by atoms with Crippen molar-refractivity contribution >= 4 is 22.5 Å². The summed E-state index contributed by atoms with van der Waals surface area (Å²) in [7, 11) is 0. The van der Waals surface area contributed by atoms with E-state index in [1.807, 2.05) is 36.5 Å². The molecular weight excluding hydrogens is 234 g/mol. The number of benzene rings is 2. The minimum Gasteiger partial charge on any atom is -0.508 e. The standard InChI is InChI=1S/C14H10ClNO/c15-10-3-6-12-13(8-16-14(12)7-10)9-1-4-11(17)5-2-9/h1-8,16-17H. The Morgan fingerprint density at radius 2 is 1.76 bits per heavy atom. The molecule has 0 fully saturated rings. The predicted octanol–water partition coefficient (Wildman–Crippen LogP) is 4.19. The maximum atomic E-state index is 9.28. The zero-order chi connectivity index (χ0) is 11.8. The fraction of sp³-hybridized carbons (Fsp3) is 0. The van der Waals surface area contributed by atoms with Gasteiger partial charge in [0.15, 0.2) is 0 Å². The Labute approximate surface area is 103 Å². The van der Waals surface area contributed by atoms with Crippen LogP contribution in [0.2, 0.25) is 5.02 Å². The number of phenolic OH excluding ortho intramolecular Hbond substituents is 1. The van der Waals surface area contributed by atoms with Crippen molar-refractivity contribution < 1.29 is 5.11 Å². The zero-order valence-electron chi connectivity index (χ0n) is 8.94. The summed E-state index contributed by atoms with van der Waals surface area (Å²) in [6.45, 7) is 0. The summed E-state index contributed by atoms with van der Waals surface area (Å²) in [4.78, 5) is 3.20. The smallest absolute Gasteiger partial charge is 0.115 e. The van der Waals surface area contributed by atoms with Gasteiger partial charge in [0.05, 0.1) is 0 Å². The number of fused-ring (bicyclic) bond motifs is 1. The maximum absolute atomic E-state index is 9.28. The average molecular weight is 244 g/mol. The van der Waals surface area contributed by atoms with Gasteiger partial charge in [0.2, 0.25) is 0 Å². The molecule has 3 rings (SSSR count). The van der Waals surface area contributed by atoms with Crippen LogP contribution in [0.1, 0.15) is 0 Å². The molecule has 0 spiro atoms. The molecule has 2 aromatic carbocycles. The molecule has 17 heavy (non-hydrogen) atoms. The van der Waals surface area contributed by atoms with E-state index in [0.29, 0.717) is 0 Å². The first kappa shape index (κ1) is 10.2. The van der Waals surface area contributed by atoms with Crippen LogP contribution < -0.4 is 0 Å². The molecule has 0 saturated heterocycles. The second kappa shape index (κ2) is 3.82. The highest BCUT2D eigenvalue weighted by molar-refractivity contribution is 6.31. The molecule has 3 heteroatoms. The van der Waals surface area contributed by atoms with Crippen LogP contribution in [0.15, 0.2) is 48.7 Å². The van der Waals surface area contributed by atoms with Crippen molar-refractivity contribution in [2.75, 3.05) is 0 Å². The van der Waals surface area contributed by atoms with Gasteiger partial charge < -0.3 is 10.1 Å². The molecule has 0 aliphatic carbocycles. The van der Waals surface area contributed by atoms with Crippen molar-refractivity contribution in [2.45, 2.75) is 0 Å². The lowest BCUT2D eigenvalue weighted by atomic mass is 10.0. The first-order chi connectivity index (χ1) is 8.24. The highest BCUT2D eigenvalue weighted by Gasteiger charge is 2.06. The Morgan fingerprint density at radius 1 is 1.00 bits per heavy atom. The Kier molecular flexibility index (Phi) is 2.30. The van der Waals surface area contributed by atoms with E-state index < -0.39 is 0 Å². The lowest BCUT2D eigenvalue weighted by Gasteiger charge is -2.00. The molecule has 0 aliphatic rings. The van der Waals surface area contributed by atoms with Gasteiger partial charge >= 0.3 is 0 Å². The largest absolute Gasteiger partial charge is 0.508 e. The Bertz CT molecular complexity index is 670. The van der Waals surface area contributed by atoms with E-state index in [2.05, 4.69) is 4.98 Å². The predicted molar refractivity (Wildman–Crippen MR) is 70.4 cm³/mol. The highest BCUT2D eigenvalue weighted by Crippen LogP contribution is 2.30. The molecule has 0 saturated carbocycles. The first-order valence-corrected chi connectivity index (χ1v) is 5.68. The SMILES string of the molecule is Oc1ccc(-c2c[nH]c3cc(Cl)ccc23)cc1. The summed E-state index contributed by atoms with van der Waals surface area (Å²) in [5.41, 5.74) is 3.19. The molecule has 0 radical (unpaired) electrons. The molecule has 0 amide bonds. The van der Waals surface area contributed by atoms with Crippen molar-refractivity contribution in [3.05, 3.63) is 53.7 Å². The third-order valence-electron chi connectivity index (χ3n) is 2.82. The molecule has 0 aliphatic heterocycles. The number of phenols is 1. The fourth-order valence-electron chi connectivity index (χ4n) is 1.98. The molecule has 84 valence electrons. The molecule has 1 aromatic heterocycles. The van der Waals surface area contributed by atoms with Crippen LogP contribution in [0.25, 0.3) is 22.0 Å². The van der Waals surface area contributed by atoms with Gasteiger partial charge in [-0.15, -0.1) is 0 Å². The summed E-state index contributed by atoms with van der Waals surface area (Å²) in [6.07, 6.45) is 1.95. The van der Waals surface area contributed by atoms with E-state index in [9.17, 15) is 5.11 Å². The highest BCUT2D eigenvalue weighted by atomic mass is 35.5. The van der Waals surface area contributed by atoms with Crippen LogP contribution in [0.3, 0.4) is 0 Å². The second-order valence-electron chi connectivity index (χ2n) is 3.94. The average Bonchev–Trinajstić information content (AvgIpc) is 2.73. The van der Waals surface area contributed by atoms with Crippen molar-refractivity contribution in [1.82, 2.24) is 4.98 Å². The molecular formula is C14H10ClNO. The first-order valence-electron chi connectivity index (χ1n) is 5.30. The molecule has 0 bridgehead atoms. The third kappa shape index (κ3) is 1.77. The summed E-state index contributed by atoms with van der Waals surface area (Å²) in [5.74, 6) is 0.275. The molecule has 0 unspecified atom stereocenters. The van der Waals surface area contributed by atoms with Gasteiger partial charge in [0, 0.05) is 27.7 Å². The van der Waals surface area contributed by atoms with Crippen LogP contribution in [-0.4, -0.2) is 10.1 Å². The zero-order valence-corrected chi connectivity index (χ0v) is 9.70. The van der Waals surface area contributed by atoms with E-state index in [1.165, 1.54) is 0 Å². The number of halogens is 1. The number of H-pyrrole nitrogens is 1. The van der Waals surface area contributed by atoms with Gasteiger partial charge in [-0.2, -0.15) is 0 Å². The number of aromatic nitrogens is 1. The van der Waals surface area contributed by atoms with Gasteiger partial charge in [0.1, 0.15) is 5.75 Å². The van der Waals surface area contributed by atoms with Crippen LogP contribution in [0, 0.1) is 0 Å². The van der Waals surface area contributed by atoms with Crippen LogP contribution in [0.4, 0.5) is 0 Å². The van der Waals surface area contributed by atoms with Crippen LogP contribution in [0.5, 0.6) is 5.75 Å². The van der Waals surface area contributed by atoms with Crippen LogP contribution in [-0.2, 0) is 0 Å². The fourth-order valence-corrected chi connectivity index (χ4v) is 2.15. The summed E-state index contributed by atoms with van der Waals surface area (Å²) < 4.78 is 0. The van der Waals surface area contributed by atoms with Gasteiger partial charge in [0.25, 0.3) is 0 Å². The minimum absolute atomic E-state index is 0.275. The van der Waals surface area contributed by atoms with E-state index in [-0.39, 0.29) is 5.75 Å². The van der Waals surface area contributed by atoms with Gasteiger partial charge in [-0.3, -0.25) is 0 Å². The third-order valence-corrected chi connectivity index (χ3v) is 3.06. The number of aromatic amines is 1. The van der Waals surface area contributed by atoms with E-state index in [0.717, 1.165) is 27.1 Å². The normalized spacial score (nSPS) is 10.9. The number of hydrogen-bond donors (Lipinski definition) is 2. The molecule has 1 heterocycles. The monoisotopic (exact) mass is 243 g/mol. The Balaban J connectivity index is 2.21. The topological polar surface area (TPSA) is 36.0 Å². The van der Waals surface area contributed by atoms with E-state index in [4.69, 9.17) is 11.6 Å². The molecule has 3 aromatic rings. The van der Waals surface area contributed by atoms with Crippen LogP contribution >= 0.6 is 11.6 Å². The summed E-state index contributed by atoms with van der Waals surface area (Å²) in [6, 6.07) is 12.9. The number of nitrogens with one attached hydrogen (secondary N) is 1. The van der Waals surface area contributed by atoms with Gasteiger partial charge in [-0.25, -0.2) is 0 Å². The minimum atomic E-state index is 0.275. The Morgan fingerprint density at radius 3 is 2.53 bits per heavy atom. The lowest BCUT2D eigenvalue weighted by molar-refractivity contribution is 0.475. The van der Waals surface area contributed by atoms with Gasteiger partial charge in [-0.1, -0.05) is 29.8 Å².